The Morgan fingerprint density at radius 2 is 1.76 bits per heavy atom. The Bertz CT molecular complexity index is 812. The van der Waals surface area contributed by atoms with Crippen molar-refractivity contribution in [2.75, 3.05) is 51.7 Å². The van der Waals surface area contributed by atoms with E-state index in [1.165, 1.54) is 16.6 Å². The van der Waals surface area contributed by atoms with Gasteiger partial charge < -0.3 is 19.4 Å². The second-order valence-corrected chi connectivity index (χ2v) is 7.29. The summed E-state index contributed by atoms with van der Waals surface area (Å²) in [7, 11) is 4.18. The maximum atomic E-state index is 12.6. The molecule has 1 fully saturated rings. The van der Waals surface area contributed by atoms with Crippen molar-refractivity contribution in [3.05, 3.63) is 35.9 Å². The highest BCUT2D eigenvalue weighted by molar-refractivity contribution is 5.98. The molecule has 2 aliphatic heterocycles. The molecule has 132 valence electrons. The number of nitrogens with zero attached hydrogens (tertiary/aromatic N) is 3. The average Bonchev–Trinajstić information content (AvgIpc) is 2.89. The number of piperazine rings is 1. The number of rotatable bonds is 1. The number of amides is 1. The van der Waals surface area contributed by atoms with E-state index in [1.807, 2.05) is 18.2 Å². The number of carbonyl (C=O) groups excluding carboxylic acids is 1. The first-order chi connectivity index (χ1) is 12.0. The van der Waals surface area contributed by atoms with Gasteiger partial charge in [0.05, 0.1) is 0 Å². The molecule has 0 radical (unpaired) electrons. The molecule has 1 unspecified atom stereocenters. The highest BCUT2D eigenvalue weighted by atomic mass is 16.6. The van der Waals surface area contributed by atoms with Gasteiger partial charge >= 0.3 is 6.09 Å². The van der Waals surface area contributed by atoms with Crippen LogP contribution in [0.4, 0.5) is 10.5 Å². The van der Waals surface area contributed by atoms with Gasteiger partial charge in [0.25, 0.3) is 0 Å². The van der Waals surface area contributed by atoms with Crippen molar-refractivity contribution >= 4 is 22.6 Å². The van der Waals surface area contributed by atoms with Crippen LogP contribution < -0.4 is 9.64 Å². The molecule has 0 bridgehead atoms. The standard InChI is InChI=1S/C20H25N3O2/c1-14-13-22(3)17-12-18(15-6-4-5-7-16(15)19(14)17)25-20(24)23-10-8-21(2)9-11-23/h4-7,12,14H,8-11,13H2,1-3H3. The number of ether oxygens (including phenoxy) is 1. The molecule has 2 aromatic carbocycles. The number of benzene rings is 2. The highest BCUT2D eigenvalue weighted by Gasteiger charge is 2.28. The largest absolute Gasteiger partial charge is 0.415 e. The molecule has 0 aromatic heterocycles. The molecule has 1 amide bonds. The molecule has 0 spiro atoms. The summed E-state index contributed by atoms with van der Waals surface area (Å²) in [5.74, 6) is 1.14. The minimum Gasteiger partial charge on any atom is -0.409 e. The summed E-state index contributed by atoms with van der Waals surface area (Å²) in [5.41, 5.74) is 2.53. The quantitative estimate of drug-likeness (QED) is 0.800. The molecule has 2 heterocycles. The van der Waals surface area contributed by atoms with E-state index in [-0.39, 0.29) is 6.09 Å². The van der Waals surface area contributed by atoms with Gasteiger partial charge in [-0.3, -0.25) is 0 Å². The Morgan fingerprint density at radius 1 is 1.08 bits per heavy atom. The Hall–Kier alpha value is -2.27. The van der Waals surface area contributed by atoms with Crippen LogP contribution in [0, 0.1) is 0 Å². The van der Waals surface area contributed by atoms with Crippen molar-refractivity contribution in [3.63, 3.8) is 0 Å². The van der Waals surface area contributed by atoms with Gasteiger partial charge in [-0.15, -0.1) is 0 Å². The number of fused-ring (bicyclic) bond motifs is 3. The predicted molar refractivity (Wildman–Crippen MR) is 101 cm³/mol. The van der Waals surface area contributed by atoms with E-state index in [2.05, 4.69) is 43.0 Å². The Morgan fingerprint density at radius 3 is 2.48 bits per heavy atom. The van der Waals surface area contributed by atoms with Crippen molar-refractivity contribution < 1.29 is 9.53 Å². The van der Waals surface area contributed by atoms with Crippen LogP contribution in [0.2, 0.25) is 0 Å². The van der Waals surface area contributed by atoms with Crippen LogP contribution in [0.1, 0.15) is 18.4 Å². The van der Waals surface area contributed by atoms with Crippen molar-refractivity contribution in [2.24, 2.45) is 0 Å². The minimum atomic E-state index is -0.244. The lowest BCUT2D eigenvalue weighted by molar-refractivity contribution is 0.121. The number of hydrogen-bond donors (Lipinski definition) is 0. The molecule has 5 nitrogen and oxygen atoms in total. The molecule has 5 heteroatoms. The van der Waals surface area contributed by atoms with Gasteiger partial charge in [0.2, 0.25) is 0 Å². The molecule has 1 atom stereocenters. The fraction of sp³-hybridized carbons (Fsp3) is 0.450. The van der Waals surface area contributed by atoms with Crippen molar-refractivity contribution in [3.8, 4) is 5.75 Å². The fourth-order valence-electron chi connectivity index (χ4n) is 4.02. The van der Waals surface area contributed by atoms with Crippen molar-refractivity contribution in [1.29, 1.82) is 0 Å². The SMILES string of the molecule is CC1CN(C)c2cc(OC(=O)N3CCN(C)CC3)c3ccccc3c21. The summed E-state index contributed by atoms with van der Waals surface area (Å²) in [5, 5.41) is 2.21. The van der Waals surface area contributed by atoms with Gasteiger partial charge in [-0.2, -0.15) is 0 Å². The third kappa shape index (κ3) is 2.82. The highest BCUT2D eigenvalue weighted by Crippen LogP contribution is 2.44. The van der Waals surface area contributed by atoms with Gasteiger partial charge in [0, 0.05) is 62.8 Å². The number of hydrogen-bond acceptors (Lipinski definition) is 4. The lowest BCUT2D eigenvalue weighted by Gasteiger charge is -2.31. The molecule has 0 saturated carbocycles. The Kier molecular flexibility index (Phi) is 4.04. The number of anilines is 1. The predicted octanol–water partition coefficient (Wildman–Crippen LogP) is 3.14. The first kappa shape index (κ1) is 16.2. The maximum absolute atomic E-state index is 12.6. The van der Waals surface area contributed by atoms with Crippen LogP contribution in [-0.2, 0) is 0 Å². The summed E-state index contributed by atoms with van der Waals surface area (Å²) in [6.07, 6.45) is -0.244. The van der Waals surface area contributed by atoms with E-state index < -0.39 is 0 Å². The van der Waals surface area contributed by atoms with Gasteiger partial charge in [-0.05, 0) is 18.0 Å². The van der Waals surface area contributed by atoms with Gasteiger partial charge in [0.15, 0.2) is 0 Å². The molecular formula is C20H25N3O2. The van der Waals surface area contributed by atoms with Crippen LogP contribution in [0.15, 0.2) is 30.3 Å². The third-order valence-corrected chi connectivity index (χ3v) is 5.44. The first-order valence-corrected chi connectivity index (χ1v) is 8.96. The van der Waals surface area contributed by atoms with Crippen LogP contribution in [0.25, 0.3) is 10.8 Å². The topological polar surface area (TPSA) is 36.0 Å². The zero-order valence-corrected chi connectivity index (χ0v) is 15.2. The lowest BCUT2D eigenvalue weighted by Crippen LogP contribution is -2.48. The van der Waals surface area contributed by atoms with Crippen molar-refractivity contribution in [2.45, 2.75) is 12.8 Å². The summed E-state index contributed by atoms with van der Waals surface area (Å²) in [6, 6.07) is 10.3. The molecule has 0 N–H and O–H groups in total. The monoisotopic (exact) mass is 339 g/mol. The van der Waals surface area contributed by atoms with Gasteiger partial charge in [-0.1, -0.05) is 31.2 Å². The molecule has 2 aliphatic rings. The van der Waals surface area contributed by atoms with Crippen LogP contribution in [-0.4, -0.2) is 62.7 Å². The van der Waals surface area contributed by atoms with E-state index in [1.54, 1.807) is 4.90 Å². The summed E-state index contributed by atoms with van der Waals surface area (Å²) in [4.78, 5) is 18.9. The van der Waals surface area contributed by atoms with Crippen molar-refractivity contribution in [1.82, 2.24) is 9.80 Å². The van der Waals surface area contributed by atoms with Crippen LogP contribution in [0.5, 0.6) is 5.75 Å². The van der Waals surface area contributed by atoms with Crippen LogP contribution in [0.3, 0.4) is 0 Å². The first-order valence-electron chi connectivity index (χ1n) is 8.96. The molecule has 25 heavy (non-hydrogen) atoms. The van der Waals surface area contributed by atoms with E-state index in [0.717, 1.165) is 38.1 Å². The van der Waals surface area contributed by atoms with Gasteiger partial charge in [-0.25, -0.2) is 4.79 Å². The fourth-order valence-corrected chi connectivity index (χ4v) is 4.02. The van der Waals surface area contributed by atoms with E-state index in [9.17, 15) is 4.79 Å². The summed E-state index contributed by atoms with van der Waals surface area (Å²) >= 11 is 0. The van der Waals surface area contributed by atoms with Crippen LogP contribution >= 0.6 is 0 Å². The molecule has 2 aromatic rings. The smallest absolute Gasteiger partial charge is 0.409 e. The summed E-state index contributed by atoms with van der Waals surface area (Å²) in [6.45, 7) is 6.46. The zero-order valence-electron chi connectivity index (χ0n) is 15.2. The van der Waals surface area contributed by atoms with E-state index >= 15 is 0 Å². The third-order valence-electron chi connectivity index (χ3n) is 5.44. The zero-order chi connectivity index (χ0) is 17.6. The van der Waals surface area contributed by atoms with E-state index in [4.69, 9.17) is 4.74 Å². The second-order valence-electron chi connectivity index (χ2n) is 7.29. The number of likely N-dealkylation sites (N-methyl/N-ethyl adjacent to an activating group) is 2. The molecule has 1 saturated heterocycles. The Balaban J connectivity index is 1.69. The Labute approximate surface area is 148 Å². The summed E-state index contributed by atoms with van der Waals surface area (Å²) < 4.78 is 5.85. The number of carbonyl (C=O) groups is 1. The molecular weight excluding hydrogens is 314 g/mol. The second kappa shape index (κ2) is 6.23. The normalized spacial score (nSPS) is 20.8. The van der Waals surface area contributed by atoms with Gasteiger partial charge in [0.1, 0.15) is 5.75 Å². The average molecular weight is 339 g/mol. The maximum Gasteiger partial charge on any atom is 0.415 e. The molecule has 4 rings (SSSR count). The van der Waals surface area contributed by atoms with E-state index in [0.29, 0.717) is 11.7 Å². The lowest BCUT2D eigenvalue weighted by atomic mass is 9.95. The minimum absolute atomic E-state index is 0.244. The molecule has 0 aliphatic carbocycles.